The van der Waals surface area contributed by atoms with Crippen LogP contribution in [0.1, 0.15) is 26.2 Å². The number of hydrogen-bond acceptors (Lipinski definition) is 2. The first-order valence-corrected chi connectivity index (χ1v) is 5.96. The van der Waals surface area contributed by atoms with Crippen molar-refractivity contribution in [3.63, 3.8) is 0 Å². The molecular weight excluding hydrogens is 170 g/mol. The molecule has 12 heavy (non-hydrogen) atoms. The summed E-state index contributed by atoms with van der Waals surface area (Å²) in [7, 11) is 0. The summed E-state index contributed by atoms with van der Waals surface area (Å²) in [5, 5.41) is 3.07. The average Bonchev–Trinajstić information content (AvgIpc) is 2.85. The predicted molar refractivity (Wildman–Crippen MR) is 53.3 cm³/mol. The van der Waals surface area contributed by atoms with Crippen LogP contribution in [0, 0.1) is 5.92 Å². The molecule has 1 amide bonds. The molecule has 1 N–H and O–H groups in total. The van der Waals surface area contributed by atoms with Crippen LogP contribution in [0.25, 0.3) is 0 Å². The molecule has 70 valence electrons. The van der Waals surface area contributed by atoms with Crippen LogP contribution in [0.15, 0.2) is 0 Å². The molecule has 1 aliphatic carbocycles. The summed E-state index contributed by atoms with van der Waals surface area (Å²) in [4.78, 5) is 11.3. The summed E-state index contributed by atoms with van der Waals surface area (Å²) in [5.74, 6) is 1.66. The lowest BCUT2D eigenvalue weighted by molar-refractivity contribution is -0.122. The number of thioether (sulfide) groups is 1. The Morgan fingerprint density at radius 1 is 1.67 bits per heavy atom. The van der Waals surface area contributed by atoms with Crippen molar-refractivity contribution < 1.29 is 4.79 Å². The maximum Gasteiger partial charge on any atom is 0.223 e. The van der Waals surface area contributed by atoms with Crippen LogP contribution in [0.5, 0.6) is 0 Å². The van der Waals surface area contributed by atoms with E-state index in [1.807, 2.05) is 0 Å². The van der Waals surface area contributed by atoms with Gasteiger partial charge in [-0.05, 0) is 25.5 Å². The smallest absolute Gasteiger partial charge is 0.223 e. The van der Waals surface area contributed by atoms with E-state index in [1.54, 1.807) is 11.8 Å². The third-order valence-electron chi connectivity index (χ3n) is 2.16. The molecule has 2 nitrogen and oxygen atoms in total. The summed E-state index contributed by atoms with van der Waals surface area (Å²) in [5.41, 5.74) is 0. The second kappa shape index (κ2) is 4.75. The highest BCUT2D eigenvalue weighted by Crippen LogP contribution is 2.29. The molecule has 0 aliphatic heterocycles. The van der Waals surface area contributed by atoms with Gasteiger partial charge in [0.1, 0.15) is 0 Å². The van der Waals surface area contributed by atoms with Gasteiger partial charge in [-0.25, -0.2) is 0 Å². The molecule has 1 unspecified atom stereocenters. The maximum atomic E-state index is 11.3. The molecule has 1 atom stereocenters. The van der Waals surface area contributed by atoms with Gasteiger partial charge >= 0.3 is 0 Å². The van der Waals surface area contributed by atoms with Crippen LogP contribution in [0.2, 0.25) is 0 Å². The van der Waals surface area contributed by atoms with Gasteiger partial charge in [0.15, 0.2) is 0 Å². The number of amides is 1. The van der Waals surface area contributed by atoms with Crippen molar-refractivity contribution >= 4 is 17.7 Å². The molecule has 0 spiro atoms. The lowest BCUT2D eigenvalue weighted by Crippen LogP contribution is -2.37. The SMILES string of the molecule is CCC(CSC)NC(=O)C1CC1. The minimum absolute atomic E-state index is 0.274. The standard InChI is InChI=1S/C9H17NOS/c1-3-8(6-12-2)10-9(11)7-4-5-7/h7-8H,3-6H2,1-2H3,(H,10,11). The first-order valence-electron chi connectivity index (χ1n) is 4.57. The number of rotatable bonds is 5. The van der Waals surface area contributed by atoms with E-state index in [0.29, 0.717) is 12.0 Å². The van der Waals surface area contributed by atoms with Gasteiger partial charge in [-0.1, -0.05) is 6.92 Å². The van der Waals surface area contributed by atoms with Gasteiger partial charge in [0.05, 0.1) is 0 Å². The zero-order valence-corrected chi connectivity index (χ0v) is 8.62. The van der Waals surface area contributed by atoms with Gasteiger partial charge in [0.2, 0.25) is 5.91 Å². The highest BCUT2D eigenvalue weighted by atomic mass is 32.2. The Morgan fingerprint density at radius 3 is 2.75 bits per heavy atom. The summed E-state index contributed by atoms with van der Waals surface area (Å²) < 4.78 is 0. The fourth-order valence-electron chi connectivity index (χ4n) is 1.13. The molecule has 1 aliphatic rings. The normalized spacial score (nSPS) is 18.8. The average molecular weight is 187 g/mol. The number of hydrogen-bond donors (Lipinski definition) is 1. The number of nitrogens with one attached hydrogen (secondary N) is 1. The van der Waals surface area contributed by atoms with Gasteiger partial charge in [-0.3, -0.25) is 4.79 Å². The fourth-order valence-corrected chi connectivity index (χ4v) is 1.85. The maximum absolute atomic E-state index is 11.3. The molecule has 0 bridgehead atoms. The van der Waals surface area contributed by atoms with Gasteiger partial charge in [-0.15, -0.1) is 0 Å². The van der Waals surface area contributed by atoms with E-state index >= 15 is 0 Å². The monoisotopic (exact) mass is 187 g/mol. The van der Waals surface area contributed by atoms with Crippen molar-refractivity contribution in [2.75, 3.05) is 12.0 Å². The van der Waals surface area contributed by atoms with E-state index in [4.69, 9.17) is 0 Å². The fraction of sp³-hybridized carbons (Fsp3) is 0.889. The minimum atomic E-state index is 0.274. The van der Waals surface area contributed by atoms with E-state index < -0.39 is 0 Å². The van der Waals surface area contributed by atoms with E-state index in [0.717, 1.165) is 25.0 Å². The lowest BCUT2D eigenvalue weighted by atomic mass is 10.2. The van der Waals surface area contributed by atoms with E-state index in [1.165, 1.54) is 0 Å². The summed E-state index contributed by atoms with van der Waals surface area (Å²) >= 11 is 1.79. The Kier molecular flexibility index (Phi) is 3.92. The third-order valence-corrected chi connectivity index (χ3v) is 2.89. The highest BCUT2D eigenvalue weighted by molar-refractivity contribution is 7.98. The second-order valence-electron chi connectivity index (χ2n) is 3.34. The molecule has 1 rings (SSSR count). The molecule has 0 aromatic rings. The first-order chi connectivity index (χ1) is 5.77. The Morgan fingerprint density at radius 2 is 2.33 bits per heavy atom. The minimum Gasteiger partial charge on any atom is -0.352 e. The molecule has 0 aromatic carbocycles. The van der Waals surface area contributed by atoms with Crippen LogP contribution in [0.3, 0.4) is 0 Å². The Bertz CT molecular complexity index is 157. The molecule has 0 aromatic heterocycles. The summed E-state index contributed by atoms with van der Waals surface area (Å²) in [6.07, 6.45) is 5.31. The summed E-state index contributed by atoms with van der Waals surface area (Å²) in [6.45, 7) is 2.12. The molecule has 0 radical (unpaired) electrons. The Labute approximate surface area is 78.5 Å². The lowest BCUT2D eigenvalue weighted by Gasteiger charge is -2.15. The predicted octanol–water partition coefficient (Wildman–Crippen LogP) is 1.65. The summed E-state index contributed by atoms with van der Waals surface area (Å²) in [6, 6.07) is 0.382. The van der Waals surface area contributed by atoms with Crippen LogP contribution >= 0.6 is 11.8 Å². The van der Waals surface area contributed by atoms with Crippen molar-refractivity contribution in [3.8, 4) is 0 Å². The topological polar surface area (TPSA) is 29.1 Å². The molecule has 1 saturated carbocycles. The zero-order chi connectivity index (χ0) is 8.97. The third kappa shape index (κ3) is 3.05. The first kappa shape index (κ1) is 9.90. The Hall–Kier alpha value is -0.180. The molecule has 1 fully saturated rings. The molecular formula is C9H17NOS. The van der Waals surface area contributed by atoms with E-state index in [2.05, 4.69) is 18.5 Å². The van der Waals surface area contributed by atoms with Gasteiger partial charge < -0.3 is 5.32 Å². The van der Waals surface area contributed by atoms with Gasteiger partial charge in [0.25, 0.3) is 0 Å². The van der Waals surface area contributed by atoms with Crippen molar-refractivity contribution in [1.82, 2.24) is 5.32 Å². The van der Waals surface area contributed by atoms with Crippen molar-refractivity contribution in [1.29, 1.82) is 0 Å². The number of carbonyl (C=O) groups is 1. The molecule has 3 heteroatoms. The molecule has 0 heterocycles. The zero-order valence-electron chi connectivity index (χ0n) is 7.80. The number of carbonyl (C=O) groups excluding carboxylic acids is 1. The van der Waals surface area contributed by atoms with Crippen LogP contribution in [-0.4, -0.2) is 24.0 Å². The van der Waals surface area contributed by atoms with Crippen molar-refractivity contribution in [2.24, 2.45) is 5.92 Å². The van der Waals surface area contributed by atoms with E-state index in [9.17, 15) is 4.79 Å². The highest BCUT2D eigenvalue weighted by Gasteiger charge is 2.30. The van der Waals surface area contributed by atoms with Crippen molar-refractivity contribution in [3.05, 3.63) is 0 Å². The van der Waals surface area contributed by atoms with Crippen LogP contribution < -0.4 is 5.32 Å². The van der Waals surface area contributed by atoms with Gasteiger partial charge in [-0.2, -0.15) is 11.8 Å². The van der Waals surface area contributed by atoms with Crippen molar-refractivity contribution in [2.45, 2.75) is 32.2 Å². The second-order valence-corrected chi connectivity index (χ2v) is 4.25. The van der Waals surface area contributed by atoms with E-state index in [-0.39, 0.29) is 5.91 Å². The largest absolute Gasteiger partial charge is 0.352 e. The Balaban J connectivity index is 2.20. The quantitative estimate of drug-likeness (QED) is 0.709. The molecule has 0 saturated heterocycles. The van der Waals surface area contributed by atoms with Crippen LogP contribution in [0.4, 0.5) is 0 Å². The van der Waals surface area contributed by atoms with Crippen LogP contribution in [-0.2, 0) is 4.79 Å². The van der Waals surface area contributed by atoms with Gasteiger partial charge in [0, 0.05) is 17.7 Å².